The van der Waals surface area contributed by atoms with E-state index in [-0.39, 0.29) is 5.82 Å². The number of halogens is 1. The van der Waals surface area contributed by atoms with Crippen molar-refractivity contribution in [1.29, 1.82) is 0 Å². The van der Waals surface area contributed by atoms with Gasteiger partial charge in [0.2, 0.25) is 0 Å². The minimum absolute atomic E-state index is 0.113. The molecule has 0 atom stereocenters. The highest BCUT2D eigenvalue weighted by Crippen LogP contribution is 2.14. The summed E-state index contributed by atoms with van der Waals surface area (Å²) >= 11 is 0. The second-order valence-electron chi connectivity index (χ2n) is 5.93. The molecule has 0 saturated carbocycles. The van der Waals surface area contributed by atoms with E-state index in [0.29, 0.717) is 24.4 Å². The Labute approximate surface area is 111 Å². The third kappa shape index (κ3) is 5.63. The third-order valence-corrected chi connectivity index (χ3v) is 3.05. The molecular weight excluding hydrogens is 225 g/mol. The molecule has 2 heteroatoms. The summed E-state index contributed by atoms with van der Waals surface area (Å²) in [7, 11) is 0. The largest absolute Gasteiger partial charge is 0.310 e. The van der Waals surface area contributed by atoms with Gasteiger partial charge in [-0.05, 0) is 30.7 Å². The molecule has 0 bridgehead atoms. The predicted octanol–water partition coefficient (Wildman–Crippen LogP) is 4.38. The van der Waals surface area contributed by atoms with Gasteiger partial charge in [0.1, 0.15) is 5.82 Å². The van der Waals surface area contributed by atoms with Crippen LogP contribution in [0.2, 0.25) is 0 Å². The van der Waals surface area contributed by atoms with Gasteiger partial charge >= 0.3 is 0 Å². The van der Waals surface area contributed by atoms with Crippen molar-refractivity contribution < 1.29 is 4.39 Å². The lowest BCUT2D eigenvalue weighted by Crippen LogP contribution is -2.31. The molecule has 0 radical (unpaired) electrons. The van der Waals surface area contributed by atoms with E-state index in [9.17, 15) is 4.39 Å². The minimum atomic E-state index is -0.113. The molecular formula is C16H26FN. The highest BCUT2D eigenvalue weighted by atomic mass is 19.1. The van der Waals surface area contributed by atoms with Crippen molar-refractivity contribution in [1.82, 2.24) is 5.32 Å². The zero-order chi connectivity index (χ0) is 13.5. The zero-order valence-electron chi connectivity index (χ0n) is 12.0. The molecule has 102 valence electrons. The monoisotopic (exact) mass is 251 g/mol. The van der Waals surface area contributed by atoms with Gasteiger partial charge in [-0.15, -0.1) is 0 Å². The molecule has 0 heterocycles. The fourth-order valence-electron chi connectivity index (χ4n) is 2.30. The minimum Gasteiger partial charge on any atom is -0.310 e. The van der Waals surface area contributed by atoms with Gasteiger partial charge in [0.25, 0.3) is 0 Å². The van der Waals surface area contributed by atoms with Crippen molar-refractivity contribution in [3.63, 3.8) is 0 Å². The lowest BCUT2D eigenvalue weighted by Gasteiger charge is -2.22. The normalized spacial score (nSPS) is 11.8. The van der Waals surface area contributed by atoms with Crippen molar-refractivity contribution in [3.8, 4) is 0 Å². The maximum atomic E-state index is 13.5. The smallest absolute Gasteiger partial charge is 0.127 e. The summed E-state index contributed by atoms with van der Waals surface area (Å²) in [5.41, 5.74) is 0.759. The van der Waals surface area contributed by atoms with Crippen LogP contribution in [-0.4, -0.2) is 6.04 Å². The molecule has 0 amide bonds. The van der Waals surface area contributed by atoms with E-state index in [1.54, 1.807) is 6.07 Å². The molecule has 0 aliphatic heterocycles. The van der Waals surface area contributed by atoms with Crippen molar-refractivity contribution >= 4 is 0 Å². The van der Waals surface area contributed by atoms with Crippen LogP contribution in [0.25, 0.3) is 0 Å². The molecule has 1 N–H and O–H groups in total. The second kappa shape index (κ2) is 7.52. The van der Waals surface area contributed by atoms with Gasteiger partial charge in [0, 0.05) is 18.2 Å². The fourth-order valence-corrected chi connectivity index (χ4v) is 2.30. The first-order valence-corrected chi connectivity index (χ1v) is 6.95. The molecule has 0 spiro atoms. The maximum Gasteiger partial charge on any atom is 0.127 e. The van der Waals surface area contributed by atoms with Crippen LogP contribution >= 0.6 is 0 Å². The summed E-state index contributed by atoms with van der Waals surface area (Å²) in [4.78, 5) is 0. The summed E-state index contributed by atoms with van der Waals surface area (Å²) < 4.78 is 13.5. The first-order chi connectivity index (χ1) is 8.49. The number of rotatable bonds is 7. The van der Waals surface area contributed by atoms with Crippen LogP contribution in [0, 0.1) is 17.7 Å². The molecule has 0 unspecified atom stereocenters. The van der Waals surface area contributed by atoms with Gasteiger partial charge in [-0.1, -0.05) is 45.9 Å². The van der Waals surface area contributed by atoms with E-state index in [2.05, 4.69) is 33.0 Å². The fraction of sp³-hybridized carbons (Fsp3) is 0.625. The number of hydrogen-bond acceptors (Lipinski definition) is 1. The SMILES string of the molecule is CC(C)CC(CC(C)C)NCc1ccccc1F. The molecule has 1 aromatic carbocycles. The Balaban J connectivity index is 2.53. The standard InChI is InChI=1S/C16H26FN/c1-12(2)9-15(10-13(3)4)18-11-14-7-5-6-8-16(14)17/h5-8,12-13,15,18H,9-11H2,1-4H3. The van der Waals surface area contributed by atoms with E-state index in [4.69, 9.17) is 0 Å². The van der Waals surface area contributed by atoms with Crippen LogP contribution in [0.1, 0.15) is 46.1 Å². The van der Waals surface area contributed by atoms with Gasteiger partial charge < -0.3 is 5.32 Å². The average molecular weight is 251 g/mol. The molecule has 1 nitrogen and oxygen atoms in total. The Hall–Kier alpha value is -0.890. The molecule has 0 aliphatic carbocycles. The Kier molecular flexibility index (Phi) is 6.34. The van der Waals surface area contributed by atoms with E-state index in [0.717, 1.165) is 18.4 Å². The van der Waals surface area contributed by atoms with Crippen LogP contribution in [0.3, 0.4) is 0 Å². The molecule has 1 rings (SSSR count). The van der Waals surface area contributed by atoms with Crippen LogP contribution < -0.4 is 5.32 Å². The molecule has 0 fully saturated rings. The summed E-state index contributed by atoms with van der Waals surface area (Å²) in [6.07, 6.45) is 2.29. The van der Waals surface area contributed by atoms with Crippen LogP contribution in [0.4, 0.5) is 4.39 Å². The second-order valence-corrected chi connectivity index (χ2v) is 5.93. The van der Waals surface area contributed by atoms with Gasteiger partial charge in [0.05, 0.1) is 0 Å². The highest BCUT2D eigenvalue weighted by molar-refractivity contribution is 5.17. The van der Waals surface area contributed by atoms with Crippen molar-refractivity contribution in [2.75, 3.05) is 0 Å². The van der Waals surface area contributed by atoms with Crippen molar-refractivity contribution in [3.05, 3.63) is 35.6 Å². The quantitative estimate of drug-likeness (QED) is 0.758. The molecule has 0 aromatic heterocycles. The Morgan fingerprint density at radius 1 is 1.00 bits per heavy atom. The summed E-state index contributed by atoms with van der Waals surface area (Å²) in [6, 6.07) is 7.48. The zero-order valence-corrected chi connectivity index (χ0v) is 12.0. The lowest BCUT2D eigenvalue weighted by molar-refractivity contribution is 0.356. The molecule has 18 heavy (non-hydrogen) atoms. The topological polar surface area (TPSA) is 12.0 Å². The van der Waals surface area contributed by atoms with Crippen molar-refractivity contribution in [2.45, 2.75) is 53.1 Å². The van der Waals surface area contributed by atoms with Gasteiger partial charge in [-0.2, -0.15) is 0 Å². The predicted molar refractivity (Wildman–Crippen MR) is 75.9 cm³/mol. The van der Waals surface area contributed by atoms with Crippen LogP contribution in [0.15, 0.2) is 24.3 Å². The van der Waals surface area contributed by atoms with Gasteiger partial charge in [0.15, 0.2) is 0 Å². The van der Waals surface area contributed by atoms with Gasteiger partial charge in [-0.25, -0.2) is 4.39 Å². The maximum absolute atomic E-state index is 13.5. The van der Waals surface area contributed by atoms with E-state index >= 15 is 0 Å². The van der Waals surface area contributed by atoms with E-state index in [1.165, 1.54) is 6.07 Å². The van der Waals surface area contributed by atoms with E-state index < -0.39 is 0 Å². The summed E-state index contributed by atoms with van der Waals surface area (Å²) in [5, 5.41) is 3.50. The Bertz CT molecular complexity index is 337. The molecule has 0 aliphatic rings. The number of nitrogens with one attached hydrogen (secondary N) is 1. The van der Waals surface area contributed by atoms with Crippen LogP contribution in [0.5, 0.6) is 0 Å². The average Bonchev–Trinajstić information content (AvgIpc) is 2.26. The Morgan fingerprint density at radius 2 is 1.56 bits per heavy atom. The summed E-state index contributed by atoms with van der Waals surface area (Å²) in [5.74, 6) is 1.22. The van der Waals surface area contributed by atoms with Crippen molar-refractivity contribution in [2.24, 2.45) is 11.8 Å². The molecule has 1 aromatic rings. The Morgan fingerprint density at radius 3 is 2.06 bits per heavy atom. The third-order valence-electron chi connectivity index (χ3n) is 3.05. The number of benzene rings is 1. The first kappa shape index (κ1) is 15.2. The first-order valence-electron chi connectivity index (χ1n) is 6.95. The number of hydrogen-bond donors (Lipinski definition) is 1. The van der Waals surface area contributed by atoms with Crippen LogP contribution in [-0.2, 0) is 6.54 Å². The lowest BCUT2D eigenvalue weighted by atomic mass is 9.95. The van der Waals surface area contributed by atoms with E-state index in [1.807, 2.05) is 12.1 Å². The van der Waals surface area contributed by atoms with Gasteiger partial charge in [-0.3, -0.25) is 0 Å². The molecule has 0 saturated heterocycles. The highest BCUT2D eigenvalue weighted by Gasteiger charge is 2.13. The summed E-state index contributed by atoms with van der Waals surface area (Å²) in [6.45, 7) is 9.56.